The number of ether oxygens (including phenoxy) is 1. The van der Waals surface area contributed by atoms with Crippen LogP contribution in [0.15, 0.2) is 29.3 Å². The molecule has 5 heteroatoms. The lowest BCUT2D eigenvalue weighted by Gasteiger charge is -2.56. The number of aliphatic imine (C=N–C) groups is 1. The van der Waals surface area contributed by atoms with E-state index in [2.05, 4.69) is 30.9 Å². The van der Waals surface area contributed by atoms with Crippen LogP contribution >= 0.6 is 0 Å². The van der Waals surface area contributed by atoms with Gasteiger partial charge in [0.15, 0.2) is 0 Å². The smallest absolute Gasteiger partial charge is 0.230 e. The first-order valence-corrected chi connectivity index (χ1v) is 14.4. The van der Waals surface area contributed by atoms with Crippen LogP contribution in [0.4, 0.5) is 5.69 Å². The molecule has 1 amide bonds. The number of hydrogen-bond donors (Lipinski definition) is 0. The quantitative estimate of drug-likeness (QED) is 0.502. The molecule has 1 heterocycles. The average molecular weight is 491 g/mol. The highest BCUT2D eigenvalue weighted by Gasteiger charge is 2.61. The maximum Gasteiger partial charge on any atom is 0.230 e. The number of methoxy groups -OCH3 is 1. The van der Waals surface area contributed by atoms with Crippen molar-refractivity contribution < 1.29 is 14.3 Å². The third-order valence-corrected chi connectivity index (χ3v) is 11.3. The highest BCUT2D eigenvalue weighted by molar-refractivity contribution is 6.07. The lowest BCUT2D eigenvalue weighted by molar-refractivity contribution is -0.129. The van der Waals surface area contributed by atoms with Gasteiger partial charge in [0.05, 0.1) is 7.11 Å². The Balaban J connectivity index is 1.28. The Morgan fingerprint density at radius 2 is 1.75 bits per heavy atom. The van der Waals surface area contributed by atoms with E-state index in [0.29, 0.717) is 48.3 Å². The van der Waals surface area contributed by atoms with Crippen LogP contribution in [0.1, 0.15) is 84.5 Å². The number of hydrogen-bond acceptors (Lipinski definition) is 4. The van der Waals surface area contributed by atoms with E-state index in [4.69, 9.17) is 9.73 Å². The van der Waals surface area contributed by atoms with Crippen molar-refractivity contribution in [2.75, 3.05) is 18.6 Å². The van der Waals surface area contributed by atoms with Crippen molar-refractivity contribution in [2.24, 2.45) is 39.5 Å². The summed E-state index contributed by atoms with van der Waals surface area (Å²) in [4.78, 5) is 33.9. The van der Waals surface area contributed by atoms with Gasteiger partial charge in [0.25, 0.3) is 0 Å². The number of carbonyl (C=O) groups excluding carboxylic acids is 2. The van der Waals surface area contributed by atoms with Gasteiger partial charge in [-0.3, -0.25) is 14.6 Å². The molecule has 1 aromatic rings. The van der Waals surface area contributed by atoms with Crippen molar-refractivity contribution in [3.63, 3.8) is 0 Å². The lowest BCUT2D eigenvalue weighted by atomic mass is 9.49. The average Bonchev–Trinajstić information content (AvgIpc) is 3.53. The van der Waals surface area contributed by atoms with E-state index in [-0.39, 0.29) is 16.7 Å². The molecule has 36 heavy (non-hydrogen) atoms. The molecule has 1 aliphatic heterocycles. The molecule has 4 fully saturated rings. The monoisotopic (exact) mass is 490 g/mol. The molecule has 194 valence electrons. The second-order valence-electron chi connectivity index (χ2n) is 12.8. The van der Waals surface area contributed by atoms with Crippen LogP contribution in [0.2, 0.25) is 0 Å². The van der Waals surface area contributed by atoms with Gasteiger partial charge < -0.3 is 9.64 Å². The van der Waals surface area contributed by atoms with Crippen LogP contribution in [0.5, 0.6) is 5.75 Å². The molecule has 6 rings (SSSR count). The van der Waals surface area contributed by atoms with E-state index in [0.717, 1.165) is 62.9 Å². The zero-order chi connectivity index (χ0) is 25.1. The molecule has 0 bridgehead atoms. The maximum atomic E-state index is 14.5. The van der Waals surface area contributed by atoms with E-state index in [1.807, 2.05) is 12.1 Å². The molecule has 6 atom stereocenters. The summed E-state index contributed by atoms with van der Waals surface area (Å²) in [5.41, 5.74) is 2.33. The molecular formula is C31H42N2O3. The minimum absolute atomic E-state index is 0.0371. The Hall–Kier alpha value is -2.17. The number of amides is 1. The summed E-state index contributed by atoms with van der Waals surface area (Å²) in [5, 5.41) is 0. The summed E-state index contributed by atoms with van der Waals surface area (Å²) < 4.78 is 5.39. The van der Waals surface area contributed by atoms with Gasteiger partial charge in [-0.15, -0.1) is 0 Å². The molecular weight excluding hydrogens is 448 g/mol. The van der Waals surface area contributed by atoms with Crippen molar-refractivity contribution in [3.05, 3.63) is 24.3 Å². The minimum Gasteiger partial charge on any atom is -0.497 e. The SMILES string of the molecule is COc1ccc(N(C(=O)C2CC[C@H]3[C@@H]4CN=C5CC(=O)CC[C@]5(C)[C@@H]4CC[C@]23C)C2CCCC2)cc1. The molecule has 0 radical (unpaired) electrons. The molecule has 5 nitrogen and oxygen atoms in total. The maximum absolute atomic E-state index is 14.5. The van der Waals surface area contributed by atoms with Crippen molar-refractivity contribution in [3.8, 4) is 5.75 Å². The topological polar surface area (TPSA) is 59.0 Å². The Labute approximate surface area is 216 Å². The Morgan fingerprint density at radius 1 is 1.00 bits per heavy atom. The van der Waals surface area contributed by atoms with E-state index in [1.54, 1.807) is 7.11 Å². The number of nitrogens with zero attached hydrogens (tertiary/aromatic N) is 2. The van der Waals surface area contributed by atoms with E-state index >= 15 is 0 Å². The molecule has 4 aliphatic carbocycles. The normalized spacial score (nSPS) is 38.1. The van der Waals surface area contributed by atoms with Crippen LogP contribution in [-0.4, -0.2) is 37.1 Å². The summed E-state index contributed by atoms with van der Waals surface area (Å²) in [6.07, 6.45) is 11.3. The fourth-order valence-electron chi connectivity index (χ4n) is 9.20. The third-order valence-electron chi connectivity index (χ3n) is 11.3. The first kappa shape index (κ1) is 24.2. The van der Waals surface area contributed by atoms with Gasteiger partial charge in [0.1, 0.15) is 11.5 Å². The number of ketones is 1. The van der Waals surface area contributed by atoms with E-state index in [1.165, 1.54) is 18.6 Å². The van der Waals surface area contributed by atoms with Crippen LogP contribution in [0, 0.1) is 34.5 Å². The summed E-state index contributed by atoms with van der Waals surface area (Å²) in [5.74, 6) is 3.33. The molecule has 0 spiro atoms. The Morgan fingerprint density at radius 3 is 2.47 bits per heavy atom. The van der Waals surface area contributed by atoms with Crippen LogP contribution in [-0.2, 0) is 9.59 Å². The molecule has 1 unspecified atom stereocenters. The number of benzene rings is 1. The van der Waals surface area contributed by atoms with Gasteiger partial charge in [0.2, 0.25) is 5.91 Å². The highest BCUT2D eigenvalue weighted by atomic mass is 16.5. The molecule has 1 aromatic carbocycles. The van der Waals surface area contributed by atoms with Crippen LogP contribution in [0.3, 0.4) is 0 Å². The summed E-state index contributed by atoms with van der Waals surface area (Å²) in [6, 6.07) is 8.43. The van der Waals surface area contributed by atoms with Crippen molar-refractivity contribution in [2.45, 2.75) is 90.5 Å². The van der Waals surface area contributed by atoms with Crippen LogP contribution in [0.25, 0.3) is 0 Å². The Kier molecular flexibility index (Phi) is 6.04. The molecule has 4 saturated carbocycles. The number of Topliss-reactive ketones (excluding diaryl/α,β-unsaturated/α-hetero) is 1. The van der Waals surface area contributed by atoms with Gasteiger partial charge in [-0.1, -0.05) is 26.7 Å². The van der Waals surface area contributed by atoms with Crippen molar-refractivity contribution >= 4 is 23.1 Å². The first-order valence-electron chi connectivity index (χ1n) is 14.4. The standard InChI is InChI=1S/C31H42N2O3/c1-30-17-15-26-24(19-32-28-18-22(34)14-16-31(26,28)2)25(30)12-13-27(30)29(35)33(20-6-4-5-7-20)21-8-10-23(36-3)11-9-21/h8-11,20,24-27H,4-7,12-19H2,1-3H3/t24-,25-,26+,27?,30-,31+/m0/s1. The lowest BCUT2D eigenvalue weighted by Crippen LogP contribution is -2.55. The predicted octanol–water partition coefficient (Wildman–Crippen LogP) is 6.24. The second-order valence-corrected chi connectivity index (χ2v) is 12.8. The van der Waals surface area contributed by atoms with Crippen LogP contribution < -0.4 is 9.64 Å². The largest absolute Gasteiger partial charge is 0.497 e. The van der Waals surface area contributed by atoms with E-state index in [9.17, 15) is 9.59 Å². The van der Waals surface area contributed by atoms with E-state index < -0.39 is 0 Å². The number of anilines is 1. The molecule has 0 aromatic heterocycles. The fourth-order valence-corrected chi connectivity index (χ4v) is 9.20. The Bertz CT molecular complexity index is 1060. The highest BCUT2D eigenvalue weighted by Crippen LogP contribution is 2.64. The van der Waals surface area contributed by atoms with Crippen molar-refractivity contribution in [1.29, 1.82) is 0 Å². The summed E-state index contributed by atoms with van der Waals surface area (Å²) >= 11 is 0. The molecule has 0 saturated heterocycles. The van der Waals surface area contributed by atoms with Gasteiger partial charge in [-0.25, -0.2) is 0 Å². The summed E-state index contributed by atoms with van der Waals surface area (Å²) in [6.45, 7) is 5.67. The fraction of sp³-hybridized carbons (Fsp3) is 0.710. The molecule has 5 aliphatic rings. The summed E-state index contributed by atoms with van der Waals surface area (Å²) in [7, 11) is 1.69. The van der Waals surface area contributed by atoms with Gasteiger partial charge >= 0.3 is 0 Å². The second kappa shape index (κ2) is 8.99. The predicted molar refractivity (Wildman–Crippen MR) is 143 cm³/mol. The molecule has 0 N–H and O–H groups in total. The van der Waals surface area contributed by atoms with Crippen molar-refractivity contribution in [1.82, 2.24) is 0 Å². The van der Waals surface area contributed by atoms with Gasteiger partial charge in [-0.05, 0) is 92.4 Å². The third kappa shape index (κ3) is 3.67. The first-order chi connectivity index (χ1) is 17.3. The zero-order valence-corrected chi connectivity index (χ0v) is 22.3. The number of fused-ring (bicyclic) bond motifs is 5. The number of carbonyl (C=O) groups is 2. The van der Waals surface area contributed by atoms with Gasteiger partial charge in [0, 0.05) is 48.2 Å². The van der Waals surface area contributed by atoms with Gasteiger partial charge in [-0.2, -0.15) is 0 Å². The number of rotatable bonds is 4. The zero-order valence-electron chi connectivity index (χ0n) is 22.3. The minimum atomic E-state index is 0.0371.